The minimum Gasteiger partial charge on any atom is -0.454 e. The molecular formula is C22H24N5O8P. The summed E-state index contributed by atoms with van der Waals surface area (Å²) in [4.78, 5) is 28.1. The Kier molecular flexibility index (Phi) is 8.60. The minimum absolute atomic E-state index is 0.139. The summed E-state index contributed by atoms with van der Waals surface area (Å²) in [5, 5.41) is 14.2. The van der Waals surface area contributed by atoms with Gasteiger partial charge < -0.3 is 24.5 Å². The van der Waals surface area contributed by atoms with E-state index >= 15 is 0 Å². The topological polar surface area (TPSA) is 177 Å². The first-order chi connectivity index (χ1) is 17.2. The second-order valence-corrected chi connectivity index (χ2v) is 8.41. The average Bonchev–Trinajstić information content (AvgIpc) is 3.28. The summed E-state index contributed by atoms with van der Waals surface area (Å²) in [6.45, 7) is 1.58. The monoisotopic (exact) mass is 517 g/mol. The van der Waals surface area contributed by atoms with Crippen molar-refractivity contribution >= 4 is 31.5 Å². The van der Waals surface area contributed by atoms with Gasteiger partial charge in [0.1, 0.15) is 30.3 Å². The van der Waals surface area contributed by atoms with Crippen LogP contribution in [0.3, 0.4) is 0 Å². The van der Waals surface area contributed by atoms with Crippen molar-refractivity contribution < 1.29 is 37.4 Å². The third-order valence-corrected chi connectivity index (χ3v) is 5.81. The molecular weight excluding hydrogens is 493 g/mol. The first-order valence-corrected chi connectivity index (χ1v) is 11.7. The smallest absolute Gasteiger partial charge is 0.367 e. The lowest BCUT2D eigenvalue weighted by molar-refractivity contribution is -0.191. The Bertz CT molecular complexity index is 1290. The van der Waals surface area contributed by atoms with Crippen molar-refractivity contribution in [3.63, 3.8) is 0 Å². The molecule has 0 bridgehead atoms. The van der Waals surface area contributed by atoms with E-state index in [0.717, 1.165) is 13.8 Å². The van der Waals surface area contributed by atoms with Crippen molar-refractivity contribution in [3.05, 3.63) is 54.5 Å². The van der Waals surface area contributed by atoms with Gasteiger partial charge in [-0.3, -0.25) is 14.1 Å². The SMILES string of the molecule is CO[C@](C#N)(CO[PH](=O)Oc1ccccc1)[C@@H](OC(C)=O)[C@@H](OC(C)=O)c1ccc2c(N)ncnn12. The van der Waals surface area contributed by atoms with Crippen molar-refractivity contribution in [1.29, 1.82) is 5.26 Å². The van der Waals surface area contributed by atoms with Crippen molar-refractivity contribution in [3.8, 4) is 11.8 Å². The first kappa shape index (κ1) is 26.6. The molecule has 3 aromatic rings. The van der Waals surface area contributed by atoms with Crippen LogP contribution in [0.2, 0.25) is 0 Å². The van der Waals surface area contributed by atoms with E-state index in [2.05, 4.69) is 10.1 Å². The molecule has 2 aromatic heterocycles. The van der Waals surface area contributed by atoms with Gasteiger partial charge in [0.05, 0.1) is 5.69 Å². The molecule has 190 valence electrons. The lowest BCUT2D eigenvalue weighted by Gasteiger charge is -2.36. The number of carbonyl (C=O) groups excluding carboxylic acids is 2. The van der Waals surface area contributed by atoms with Crippen LogP contribution < -0.4 is 10.3 Å². The molecule has 0 fully saturated rings. The van der Waals surface area contributed by atoms with Gasteiger partial charge in [-0.25, -0.2) is 14.1 Å². The zero-order valence-electron chi connectivity index (χ0n) is 19.6. The number of carbonyl (C=O) groups is 2. The summed E-state index contributed by atoms with van der Waals surface area (Å²) in [5.74, 6) is -1.14. The summed E-state index contributed by atoms with van der Waals surface area (Å²) >= 11 is 0. The van der Waals surface area contributed by atoms with E-state index in [1.165, 1.54) is 24.0 Å². The molecule has 0 spiro atoms. The maximum atomic E-state index is 12.5. The molecule has 14 heteroatoms. The van der Waals surface area contributed by atoms with Gasteiger partial charge in [0.15, 0.2) is 18.0 Å². The van der Waals surface area contributed by atoms with Crippen LogP contribution in [-0.2, 0) is 32.9 Å². The molecule has 13 nitrogen and oxygen atoms in total. The maximum Gasteiger partial charge on any atom is 0.367 e. The molecule has 2 heterocycles. The van der Waals surface area contributed by atoms with Crippen LogP contribution in [0.4, 0.5) is 5.82 Å². The number of nitrogens with two attached hydrogens (primary N) is 1. The van der Waals surface area contributed by atoms with E-state index in [9.17, 15) is 19.4 Å². The Morgan fingerprint density at radius 1 is 1.17 bits per heavy atom. The summed E-state index contributed by atoms with van der Waals surface area (Å²) in [6.07, 6.45) is -1.82. The predicted molar refractivity (Wildman–Crippen MR) is 125 cm³/mol. The van der Waals surface area contributed by atoms with Gasteiger partial charge in [-0.05, 0) is 24.3 Å². The molecule has 0 saturated heterocycles. The number of hydrogen-bond acceptors (Lipinski definition) is 12. The highest BCUT2D eigenvalue weighted by Crippen LogP contribution is 2.37. The van der Waals surface area contributed by atoms with Crippen molar-refractivity contribution in [1.82, 2.24) is 14.6 Å². The number of anilines is 1. The van der Waals surface area contributed by atoms with Gasteiger partial charge in [-0.1, -0.05) is 18.2 Å². The van der Waals surface area contributed by atoms with E-state index in [-0.39, 0.29) is 17.3 Å². The number of nitrogen functional groups attached to an aromatic ring is 1. The lowest BCUT2D eigenvalue weighted by Crippen LogP contribution is -2.52. The van der Waals surface area contributed by atoms with Crippen LogP contribution >= 0.6 is 8.25 Å². The molecule has 1 aromatic carbocycles. The highest BCUT2D eigenvalue weighted by molar-refractivity contribution is 7.33. The summed E-state index contributed by atoms with van der Waals surface area (Å²) in [7, 11) is -2.00. The third kappa shape index (κ3) is 5.98. The van der Waals surface area contributed by atoms with Crippen molar-refractivity contribution in [2.75, 3.05) is 19.5 Å². The van der Waals surface area contributed by atoms with Crippen molar-refractivity contribution in [2.45, 2.75) is 31.7 Å². The number of rotatable bonds is 11. The predicted octanol–water partition coefficient (Wildman–Crippen LogP) is 2.24. The van der Waals surface area contributed by atoms with Crippen LogP contribution in [0.25, 0.3) is 5.52 Å². The number of aromatic nitrogens is 3. The summed E-state index contributed by atoms with van der Waals surface area (Å²) < 4.78 is 40.8. The molecule has 0 aliphatic heterocycles. The zero-order valence-corrected chi connectivity index (χ0v) is 20.6. The van der Waals surface area contributed by atoms with Gasteiger partial charge >= 0.3 is 20.2 Å². The molecule has 0 aliphatic carbocycles. The van der Waals surface area contributed by atoms with Gasteiger partial charge in [-0.15, -0.1) is 0 Å². The molecule has 1 unspecified atom stereocenters. The van der Waals surface area contributed by atoms with Gasteiger partial charge in [0, 0.05) is 21.0 Å². The number of ether oxygens (including phenoxy) is 3. The second-order valence-electron chi connectivity index (χ2n) is 7.42. The number of methoxy groups -OCH3 is 1. The molecule has 0 radical (unpaired) electrons. The zero-order chi connectivity index (χ0) is 26.3. The number of esters is 2. The minimum atomic E-state index is -3.17. The van der Waals surface area contributed by atoms with E-state index in [4.69, 9.17) is 29.0 Å². The molecule has 3 rings (SSSR count). The Morgan fingerprint density at radius 2 is 1.86 bits per heavy atom. The second kappa shape index (κ2) is 11.6. The molecule has 0 aliphatic rings. The van der Waals surface area contributed by atoms with Crippen LogP contribution in [0.1, 0.15) is 25.6 Å². The fraction of sp³-hybridized carbons (Fsp3) is 0.318. The fourth-order valence-electron chi connectivity index (χ4n) is 3.40. The number of benzene rings is 1. The molecule has 0 saturated carbocycles. The lowest BCUT2D eigenvalue weighted by atomic mass is 9.92. The standard InChI is InChI=1S/C22H24N5O8P/c1-14(28)33-19(17-9-10-18-21(24)25-13-26-27(17)18)20(34-15(2)29)22(11-23,31-3)12-32-36(30)35-16-7-5-4-6-8-16/h4-10,13,19-20,36H,12H2,1-3H3,(H2,24,25,26)/t19-,20-,22+/m0/s1. The van der Waals surface area contributed by atoms with Crippen LogP contribution in [0.15, 0.2) is 48.8 Å². The van der Waals surface area contributed by atoms with E-state index in [1.807, 2.05) is 6.07 Å². The highest BCUT2D eigenvalue weighted by Gasteiger charge is 2.51. The number of para-hydroxylation sites is 1. The Hall–Kier alpha value is -3.98. The molecule has 36 heavy (non-hydrogen) atoms. The Morgan fingerprint density at radius 3 is 2.47 bits per heavy atom. The summed E-state index contributed by atoms with van der Waals surface area (Å²) in [6, 6.07) is 13.2. The normalized spacial score (nSPS) is 15.2. The van der Waals surface area contributed by atoms with E-state index in [1.54, 1.807) is 36.4 Å². The van der Waals surface area contributed by atoms with Crippen LogP contribution in [0, 0.1) is 11.3 Å². The largest absolute Gasteiger partial charge is 0.454 e. The highest BCUT2D eigenvalue weighted by atomic mass is 31.1. The maximum absolute atomic E-state index is 12.5. The van der Waals surface area contributed by atoms with E-state index in [0.29, 0.717) is 5.52 Å². The number of fused-ring (bicyclic) bond motifs is 1. The van der Waals surface area contributed by atoms with Crippen molar-refractivity contribution in [2.24, 2.45) is 0 Å². The van der Waals surface area contributed by atoms with Crippen LogP contribution in [0.5, 0.6) is 5.75 Å². The van der Waals surface area contributed by atoms with Gasteiger partial charge in [0.2, 0.25) is 5.60 Å². The van der Waals surface area contributed by atoms with Gasteiger partial charge in [-0.2, -0.15) is 10.4 Å². The quantitative estimate of drug-likeness (QED) is 0.290. The van der Waals surface area contributed by atoms with E-state index < -0.39 is 44.6 Å². The third-order valence-electron chi connectivity index (χ3n) is 5.03. The van der Waals surface area contributed by atoms with Gasteiger partial charge in [0.25, 0.3) is 0 Å². The number of hydrogen-bond donors (Lipinski definition) is 1. The average molecular weight is 517 g/mol. The summed E-state index contributed by atoms with van der Waals surface area (Å²) in [5.41, 5.74) is 4.39. The molecule has 2 N–H and O–H groups in total. The molecule has 4 atom stereocenters. The van der Waals surface area contributed by atoms with Crippen LogP contribution in [-0.4, -0.2) is 52.0 Å². The number of nitriles is 1. The molecule has 0 amide bonds. The Balaban J connectivity index is 2.01. The fourth-order valence-corrected chi connectivity index (χ4v) is 4.12. The first-order valence-electron chi connectivity index (χ1n) is 10.5. The number of nitrogens with zero attached hydrogens (tertiary/aromatic N) is 4. The Labute approximate surface area is 206 Å².